The maximum absolute atomic E-state index is 13.6. The predicted molar refractivity (Wildman–Crippen MR) is 77.5 cm³/mol. The van der Waals surface area contributed by atoms with E-state index in [1.54, 1.807) is 6.07 Å². The zero-order valence-electron chi connectivity index (χ0n) is 11.5. The van der Waals surface area contributed by atoms with Gasteiger partial charge in [-0.25, -0.2) is 4.39 Å². The van der Waals surface area contributed by atoms with Gasteiger partial charge in [0.25, 0.3) is 0 Å². The lowest BCUT2D eigenvalue weighted by molar-refractivity contribution is 0.504. The predicted octanol–water partition coefficient (Wildman–Crippen LogP) is 4.38. The number of hydrogen-bond acceptors (Lipinski definition) is 1. The molecule has 1 N–H and O–H groups in total. The van der Waals surface area contributed by atoms with E-state index in [1.165, 1.54) is 17.2 Å². The molecule has 0 amide bonds. The molecule has 0 saturated heterocycles. The van der Waals surface area contributed by atoms with Gasteiger partial charge in [0.15, 0.2) is 0 Å². The molecule has 1 nitrogen and oxygen atoms in total. The number of nitrogens with one attached hydrogen (secondary N) is 1. The normalized spacial score (nSPS) is 12.4. The highest BCUT2D eigenvalue weighted by atomic mass is 19.1. The highest BCUT2D eigenvalue weighted by molar-refractivity contribution is 5.24. The lowest BCUT2D eigenvalue weighted by Crippen LogP contribution is -2.20. The van der Waals surface area contributed by atoms with E-state index in [0.29, 0.717) is 12.1 Å². The number of aryl methyl sites for hydroxylation is 1. The Morgan fingerprint density at radius 3 is 2.37 bits per heavy atom. The summed E-state index contributed by atoms with van der Waals surface area (Å²) in [5, 5.41) is 3.42. The second kappa shape index (κ2) is 6.48. The summed E-state index contributed by atoms with van der Waals surface area (Å²) in [6, 6.07) is 15.7. The van der Waals surface area contributed by atoms with Gasteiger partial charge in [-0.2, -0.15) is 0 Å². The average molecular weight is 257 g/mol. The van der Waals surface area contributed by atoms with E-state index in [-0.39, 0.29) is 11.9 Å². The third-order valence-electron chi connectivity index (χ3n) is 3.38. The van der Waals surface area contributed by atoms with Crippen LogP contribution >= 0.6 is 0 Å². The fraction of sp³-hybridized carbons (Fsp3) is 0.294. The molecule has 0 aliphatic carbocycles. The van der Waals surface area contributed by atoms with E-state index in [9.17, 15) is 4.39 Å². The van der Waals surface area contributed by atoms with E-state index >= 15 is 0 Å². The zero-order chi connectivity index (χ0) is 13.7. The van der Waals surface area contributed by atoms with Crippen LogP contribution in [-0.2, 0) is 6.54 Å². The molecule has 2 aromatic carbocycles. The van der Waals surface area contributed by atoms with Gasteiger partial charge in [-0.15, -0.1) is 0 Å². The van der Waals surface area contributed by atoms with Gasteiger partial charge in [-0.3, -0.25) is 0 Å². The van der Waals surface area contributed by atoms with E-state index in [2.05, 4.69) is 43.4 Å². The summed E-state index contributed by atoms with van der Waals surface area (Å²) in [5.74, 6) is -0.145. The Kier molecular flexibility index (Phi) is 4.69. The SMILES string of the molecule is CCC(NCc1ccccc1F)c1ccc(C)cc1. The van der Waals surface area contributed by atoms with Crippen LogP contribution in [0.5, 0.6) is 0 Å². The minimum Gasteiger partial charge on any atom is -0.306 e. The van der Waals surface area contributed by atoms with Crippen LogP contribution in [0.15, 0.2) is 48.5 Å². The number of rotatable bonds is 5. The van der Waals surface area contributed by atoms with Crippen molar-refractivity contribution < 1.29 is 4.39 Å². The molecule has 0 fully saturated rings. The second-order valence-electron chi connectivity index (χ2n) is 4.84. The minimum atomic E-state index is -0.145. The van der Waals surface area contributed by atoms with Crippen molar-refractivity contribution in [1.29, 1.82) is 0 Å². The van der Waals surface area contributed by atoms with Gasteiger partial charge >= 0.3 is 0 Å². The number of halogens is 1. The van der Waals surface area contributed by atoms with Crippen LogP contribution in [-0.4, -0.2) is 0 Å². The highest BCUT2D eigenvalue weighted by Crippen LogP contribution is 2.18. The molecular weight excluding hydrogens is 237 g/mol. The summed E-state index contributed by atoms with van der Waals surface area (Å²) in [5.41, 5.74) is 3.23. The Balaban J connectivity index is 2.04. The fourth-order valence-corrected chi connectivity index (χ4v) is 2.17. The molecule has 0 aromatic heterocycles. The smallest absolute Gasteiger partial charge is 0.127 e. The first-order valence-electron chi connectivity index (χ1n) is 6.74. The van der Waals surface area contributed by atoms with Gasteiger partial charge in [-0.05, 0) is 25.0 Å². The van der Waals surface area contributed by atoms with Gasteiger partial charge in [0.1, 0.15) is 5.82 Å². The van der Waals surface area contributed by atoms with Crippen LogP contribution in [0.1, 0.15) is 36.1 Å². The van der Waals surface area contributed by atoms with Crippen LogP contribution in [0, 0.1) is 12.7 Å². The summed E-state index contributed by atoms with van der Waals surface area (Å²) in [6.45, 7) is 4.77. The minimum absolute atomic E-state index is 0.145. The summed E-state index contributed by atoms with van der Waals surface area (Å²) in [6.07, 6.45) is 0.984. The lowest BCUT2D eigenvalue weighted by Gasteiger charge is -2.18. The van der Waals surface area contributed by atoms with Crippen molar-refractivity contribution in [2.24, 2.45) is 0 Å². The molecule has 0 radical (unpaired) electrons. The highest BCUT2D eigenvalue weighted by Gasteiger charge is 2.09. The lowest BCUT2D eigenvalue weighted by atomic mass is 10.0. The second-order valence-corrected chi connectivity index (χ2v) is 4.84. The Bertz CT molecular complexity index is 519. The van der Waals surface area contributed by atoms with Crippen LogP contribution in [0.2, 0.25) is 0 Å². The average Bonchev–Trinajstić information content (AvgIpc) is 2.43. The van der Waals surface area contributed by atoms with E-state index in [1.807, 2.05) is 12.1 Å². The van der Waals surface area contributed by atoms with Crippen LogP contribution in [0.4, 0.5) is 4.39 Å². The van der Waals surface area contributed by atoms with Gasteiger partial charge in [0.05, 0.1) is 0 Å². The Morgan fingerprint density at radius 1 is 1.05 bits per heavy atom. The van der Waals surface area contributed by atoms with Gasteiger partial charge in [0, 0.05) is 18.2 Å². The molecular formula is C17H20FN. The first-order chi connectivity index (χ1) is 9.20. The molecule has 19 heavy (non-hydrogen) atoms. The largest absolute Gasteiger partial charge is 0.306 e. The first kappa shape index (κ1) is 13.8. The molecule has 0 bridgehead atoms. The molecule has 2 aromatic rings. The monoisotopic (exact) mass is 257 g/mol. The summed E-state index contributed by atoms with van der Waals surface area (Å²) < 4.78 is 13.6. The molecule has 0 heterocycles. The van der Waals surface area contributed by atoms with Crippen LogP contribution in [0.25, 0.3) is 0 Å². The summed E-state index contributed by atoms with van der Waals surface area (Å²) in [7, 11) is 0. The molecule has 1 unspecified atom stereocenters. The van der Waals surface area contributed by atoms with Crippen LogP contribution in [0.3, 0.4) is 0 Å². The van der Waals surface area contributed by atoms with E-state index in [4.69, 9.17) is 0 Å². The quantitative estimate of drug-likeness (QED) is 0.838. The van der Waals surface area contributed by atoms with Crippen molar-refractivity contribution in [3.8, 4) is 0 Å². The van der Waals surface area contributed by atoms with Crippen molar-refractivity contribution >= 4 is 0 Å². The zero-order valence-corrected chi connectivity index (χ0v) is 11.5. The third-order valence-corrected chi connectivity index (χ3v) is 3.38. The van der Waals surface area contributed by atoms with Gasteiger partial charge in [0.2, 0.25) is 0 Å². The van der Waals surface area contributed by atoms with E-state index in [0.717, 1.165) is 6.42 Å². The molecule has 0 aliphatic heterocycles. The molecule has 2 rings (SSSR count). The molecule has 0 saturated carbocycles. The fourth-order valence-electron chi connectivity index (χ4n) is 2.17. The van der Waals surface area contributed by atoms with Crippen molar-refractivity contribution in [2.75, 3.05) is 0 Å². The summed E-state index contributed by atoms with van der Waals surface area (Å²) in [4.78, 5) is 0. The Labute approximate surface area is 114 Å². The van der Waals surface area contributed by atoms with Crippen molar-refractivity contribution in [3.63, 3.8) is 0 Å². The first-order valence-corrected chi connectivity index (χ1v) is 6.74. The van der Waals surface area contributed by atoms with Crippen LogP contribution < -0.4 is 5.32 Å². The molecule has 2 heteroatoms. The molecule has 100 valence electrons. The van der Waals surface area contributed by atoms with Crippen molar-refractivity contribution in [1.82, 2.24) is 5.32 Å². The molecule has 1 atom stereocenters. The number of hydrogen-bond donors (Lipinski definition) is 1. The van der Waals surface area contributed by atoms with Gasteiger partial charge < -0.3 is 5.32 Å². The molecule has 0 spiro atoms. The third kappa shape index (κ3) is 3.65. The maximum Gasteiger partial charge on any atom is 0.127 e. The maximum atomic E-state index is 13.6. The summed E-state index contributed by atoms with van der Waals surface area (Å²) >= 11 is 0. The number of benzene rings is 2. The standard InChI is InChI=1S/C17H20FN/c1-3-17(14-10-8-13(2)9-11-14)19-12-15-6-4-5-7-16(15)18/h4-11,17,19H,3,12H2,1-2H3. The Morgan fingerprint density at radius 2 is 1.74 bits per heavy atom. The topological polar surface area (TPSA) is 12.0 Å². The molecule has 0 aliphatic rings. The van der Waals surface area contributed by atoms with Crippen molar-refractivity contribution in [2.45, 2.75) is 32.9 Å². The van der Waals surface area contributed by atoms with E-state index < -0.39 is 0 Å². The van der Waals surface area contributed by atoms with Crippen molar-refractivity contribution in [3.05, 3.63) is 71.0 Å². The van der Waals surface area contributed by atoms with Gasteiger partial charge in [-0.1, -0.05) is 55.0 Å². The Hall–Kier alpha value is -1.67.